The summed E-state index contributed by atoms with van der Waals surface area (Å²) in [7, 11) is 1.43. The number of ether oxygens (including phenoxy) is 1. The molecule has 0 aliphatic heterocycles. The van der Waals surface area contributed by atoms with E-state index in [4.69, 9.17) is 4.74 Å². The summed E-state index contributed by atoms with van der Waals surface area (Å²) in [6.07, 6.45) is 0. The van der Waals surface area contributed by atoms with Gasteiger partial charge in [-0.3, -0.25) is 14.2 Å². The molecule has 1 aromatic heterocycles. The number of benzene rings is 1. The van der Waals surface area contributed by atoms with Gasteiger partial charge < -0.3 is 4.74 Å². The molecule has 0 bridgehead atoms. The maximum Gasteiger partial charge on any atom is 0.299 e. The van der Waals surface area contributed by atoms with Gasteiger partial charge in [0.15, 0.2) is 5.78 Å². The molecule has 5 heteroatoms. The number of aryl methyl sites for hydroxylation is 3. The number of Topliss-reactive ketones (excluding diaryl/α,β-unsaturated/α-hetero) is 1. The number of rotatable bonds is 4. The topological polar surface area (TPSA) is 61.2 Å². The van der Waals surface area contributed by atoms with Gasteiger partial charge in [-0.15, -0.1) is 0 Å². The molecule has 0 unspecified atom stereocenters. The van der Waals surface area contributed by atoms with Crippen molar-refractivity contribution >= 4 is 5.78 Å². The van der Waals surface area contributed by atoms with Gasteiger partial charge in [0.2, 0.25) is 0 Å². The minimum atomic E-state index is -0.295. The third-order valence-electron chi connectivity index (χ3n) is 3.41. The van der Waals surface area contributed by atoms with E-state index < -0.39 is 0 Å². The lowest BCUT2D eigenvalue weighted by molar-refractivity contribution is 0.0965. The van der Waals surface area contributed by atoms with Crippen LogP contribution in [0.5, 0.6) is 6.01 Å². The smallest absolute Gasteiger partial charge is 0.299 e. The lowest BCUT2D eigenvalue weighted by atomic mass is 10.0. The van der Waals surface area contributed by atoms with E-state index in [2.05, 4.69) is 4.98 Å². The van der Waals surface area contributed by atoms with Crippen molar-refractivity contribution in [1.82, 2.24) is 9.55 Å². The van der Waals surface area contributed by atoms with Crippen molar-refractivity contribution < 1.29 is 9.53 Å². The predicted octanol–water partition coefficient (Wildman–Crippen LogP) is 2.06. The molecule has 2 rings (SSSR count). The van der Waals surface area contributed by atoms with E-state index in [1.807, 2.05) is 26.0 Å². The van der Waals surface area contributed by atoms with Gasteiger partial charge in [-0.2, -0.15) is 0 Å². The molecule has 0 amide bonds. The predicted molar refractivity (Wildman–Crippen MR) is 80.0 cm³/mol. The van der Waals surface area contributed by atoms with Crippen molar-refractivity contribution in [2.24, 2.45) is 0 Å². The fraction of sp³-hybridized carbons (Fsp3) is 0.312. The van der Waals surface area contributed by atoms with Gasteiger partial charge in [-0.1, -0.05) is 12.1 Å². The van der Waals surface area contributed by atoms with Gasteiger partial charge in [0, 0.05) is 17.3 Å². The van der Waals surface area contributed by atoms with Crippen LogP contribution in [0.25, 0.3) is 0 Å². The summed E-state index contributed by atoms with van der Waals surface area (Å²) in [5, 5.41) is 0. The van der Waals surface area contributed by atoms with Crippen LogP contribution >= 0.6 is 0 Å². The van der Waals surface area contributed by atoms with Crippen molar-refractivity contribution in [2.75, 3.05) is 7.11 Å². The fourth-order valence-electron chi connectivity index (χ4n) is 2.05. The van der Waals surface area contributed by atoms with Crippen LogP contribution in [0.1, 0.15) is 27.2 Å². The molecule has 0 fully saturated rings. The second-order valence-corrected chi connectivity index (χ2v) is 5.03. The van der Waals surface area contributed by atoms with E-state index in [9.17, 15) is 9.59 Å². The van der Waals surface area contributed by atoms with Crippen LogP contribution in [0.2, 0.25) is 0 Å². The molecular formula is C16H18N2O3. The summed E-state index contributed by atoms with van der Waals surface area (Å²) in [5.74, 6) is -0.149. The normalized spacial score (nSPS) is 10.5. The molecule has 21 heavy (non-hydrogen) atoms. The Bertz CT molecular complexity index is 748. The zero-order chi connectivity index (χ0) is 15.6. The molecular weight excluding hydrogens is 268 g/mol. The van der Waals surface area contributed by atoms with Crippen LogP contribution in [0.4, 0.5) is 0 Å². The zero-order valence-electron chi connectivity index (χ0n) is 12.6. The fourth-order valence-corrected chi connectivity index (χ4v) is 2.05. The van der Waals surface area contributed by atoms with Crippen molar-refractivity contribution in [3.05, 3.63) is 57.0 Å². The lowest BCUT2D eigenvalue weighted by Crippen LogP contribution is -2.26. The Labute approximate surface area is 123 Å². The zero-order valence-corrected chi connectivity index (χ0v) is 12.6. The number of carbonyl (C=O) groups excluding carboxylic acids is 1. The second kappa shape index (κ2) is 5.91. The van der Waals surface area contributed by atoms with Gasteiger partial charge in [0.1, 0.15) is 0 Å². The molecule has 1 heterocycles. The number of ketones is 1. The van der Waals surface area contributed by atoms with Crippen LogP contribution in [0.15, 0.2) is 29.1 Å². The molecule has 0 saturated carbocycles. The van der Waals surface area contributed by atoms with Gasteiger partial charge in [0.05, 0.1) is 13.7 Å². The number of hydrogen-bond donors (Lipinski definition) is 0. The monoisotopic (exact) mass is 286 g/mol. The van der Waals surface area contributed by atoms with Crippen LogP contribution in [0, 0.1) is 20.8 Å². The molecule has 0 radical (unpaired) electrons. The first-order valence-electron chi connectivity index (χ1n) is 6.65. The molecule has 110 valence electrons. The van der Waals surface area contributed by atoms with Crippen molar-refractivity contribution in [3.63, 3.8) is 0 Å². The first-order valence-corrected chi connectivity index (χ1v) is 6.65. The number of methoxy groups -OCH3 is 1. The van der Waals surface area contributed by atoms with Crippen molar-refractivity contribution in [1.29, 1.82) is 0 Å². The summed E-state index contributed by atoms with van der Waals surface area (Å²) in [4.78, 5) is 28.5. The summed E-state index contributed by atoms with van der Waals surface area (Å²) < 4.78 is 6.33. The SMILES string of the molecule is COc1nc(C)cc(=O)n1CC(=O)c1ccc(C)c(C)c1. The average Bonchev–Trinajstić information content (AvgIpc) is 2.44. The summed E-state index contributed by atoms with van der Waals surface area (Å²) in [6.45, 7) is 5.56. The highest BCUT2D eigenvalue weighted by Gasteiger charge is 2.13. The van der Waals surface area contributed by atoms with Crippen LogP contribution < -0.4 is 10.3 Å². The third-order valence-corrected chi connectivity index (χ3v) is 3.41. The van der Waals surface area contributed by atoms with Crippen molar-refractivity contribution in [2.45, 2.75) is 27.3 Å². The van der Waals surface area contributed by atoms with Gasteiger partial charge in [0.25, 0.3) is 11.6 Å². The highest BCUT2D eigenvalue weighted by molar-refractivity contribution is 5.96. The minimum Gasteiger partial charge on any atom is -0.468 e. The quantitative estimate of drug-likeness (QED) is 0.807. The van der Waals surface area contributed by atoms with E-state index >= 15 is 0 Å². The van der Waals surface area contributed by atoms with E-state index in [0.717, 1.165) is 11.1 Å². The van der Waals surface area contributed by atoms with E-state index in [0.29, 0.717) is 11.3 Å². The molecule has 1 aromatic carbocycles. The van der Waals surface area contributed by atoms with Gasteiger partial charge in [-0.25, -0.2) is 4.98 Å². The Morgan fingerprint density at radius 1 is 1.19 bits per heavy atom. The molecule has 0 atom stereocenters. The first-order chi connectivity index (χ1) is 9.92. The van der Waals surface area contributed by atoms with Crippen LogP contribution in [-0.2, 0) is 6.54 Å². The Hall–Kier alpha value is -2.43. The highest BCUT2D eigenvalue weighted by atomic mass is 16.5. The summed E-state index contributed by atoms with van der Waals surface area (Å²) in [5.41, 5.74) is 3.01. The maximum absolute atomic E-state index is 12.3. The van der Waals surface area contributed by atoms with Crippen LogP contribution in [-0.4, -0.2) is 22.4 Å². The average molecular weight is 286 g/mol. The molecule has 0 aliphatic carbocycles. The molecule has 0 N–H and O–H groups in total. The summed E-state index contributed by atoms with van der Waals surface area (Å²) >= 11 is 0. The Morgan fingerprint density at radius 2 is 1.90 bits per heavy atom. The molecule has 0 saturated heterocycles. The van der Waals surface area contributed by atoms with E-state index in [1.54, 1.807) is 13.0 Å². The standard InChI is InChI=1S/C16H18N2O3/c1-10-5-6-13(7-11(10)2)14(19)9-18-15(20)8-12(3)17-16(18)21-4/h5-8H,9H2,1-4H3. The largest absolute Gasteiger partial charge is 0.468 e. The molecule has 0 spiro atoms. The summed E-state index contributed by atoms with van der Waals surface area (Å²) in [6, 6.07) is 7.03. The Morgan fingerprint density at radius 3 is 2.52 bits per heavy atom. The van der Waals surface area contributed by atoms with Crippen LogP contribution in [0.3, 0.4) is 0 Å². The number of nitrogens with zero attached hydrogens (tertiary/aromatic N) is 2. The highest BCUT2D eigenvalue weighted by Crippen LogP contribution is 2.12. The lowest BCUT2D eigenvalue weighted by Gasteiger charge is -2.11. The molecule has 2 aromatic rings. The maximum atomic E-state index is 12.3. The third kappa shape index (κ3) is 3.18. The van der Waals surface area contributed by atoms with E-state index in [-0.39, 0.29) is 23.9 Å². The Kier molecular flexibility index (Phi) is 4.21. The number of carbonyl (C=O) groups is 1. The number of aromatic nitrogens is 2. The number of hydrogen-bond acceptors (Lipinski definition) is 4. The first kappa shape index (κ1) is 15.0. The molecule has 0 aliphatic rings. The Balaban J connectivity index is 2.35. The molecule has 5 nitrogen and oxygen atoms in total. The van der Waals surface area contributed by atoms with Gasteiger partial charge >= 0.3 is 0 Å². The van der Waals surface area contributed by atoms with Crippen molar-refractivity contribution in [3.8, 4) is 6.01 Å². The second-order valence-electron chi connectivity index (χ2n) is 5.03. The minimum absolute atomic E-state index is 0.0855. The van der Waals surface area contributed by atoms with Gasteiger partial charge in [-0.05, 0) is 38.0 Å². The van der Waals surface area contributed by atoms with E-state index in [1.165, 1.54) is 17.7 Å².